The molecule has 0 atom stereocenters. The monoisotopic (exact) mass is 210 g/mol. The van der Waals surface area contributed by atoms with Crippen LogP contribution in [0.3, 0.4) is 0 Å². The molecule has 0 bridgehead atoms. The maximum Gasteiger partial charge on any atom is 0.122 e. The second-order valence-corrected chi connectivity index (χ2v) is 4.18. The molecule has 0 aliphatic carbocycles. The average Bonchev–Trinajstić information content (AvgIpc) is 2.62. The van der Waals surface area contributed by atoms with Crippen molar-refractivity contribution in [3.05, 3.63) is 24.0 Å². The molecule has 0 fully saturated rings. The van der Waals surface area contributed by atoms with Gasteiger partial charge in [0, 0.05) is 25.5 Å². The number of aromatic nitrogens is 1. The van der Waals surface area contributed by atoms with E-state index in [0.717, 1.165) is 19.7 Å². The Morgan fingerprint density at radius 2 is 2.27 bits per heavy atom. The normalized spacial score (nSPS) is 11.2. The molecule has 0 aliphatic rings. The highest BCUT2D eigenvalue weighted by atomic mass is 16.5. The van der Waals surface area contributed by atoms with E-state index in [-0.39, 0.29) is 0 Å². The number of hydrogen-bond donors (Lipinski definition) is 1. The highest BCUT2D eigenvalue weighted by Crippen LogP contribution is 2.01. The van der Waals surface area contributed by atoms with E-state index in [2.05, 4.69) is 42.2 Å². The van der Waals surface area contributed by atoms with Crippen LogP contribution in [0.2, 0.25) is 0 Å². The maximum atomic E-state index is 5.32. The lowest BCUT2D eigenvalue weighted by molar-refractivity contribution is 0.0880. The number of ether oxygens (including phenoxy) is 1. The van der Waals surface area contributed by atoms with Gasteiger partial charge in [-0.05, 0) is 31.0 Å². The molecule has 0 aromatic carbocycles. The van der Waals surface area contributed by atoms with Crippen molar-refractivity contribution in [2.75, 3.05) is 13.2 Å². The zero-order valence-corrected chi connectivity index (χ0v) is 9.99. The Morgan fingerprint density at radius 1 is 1.47 bits per heavy atom. The first kappa shape index (κ1) is 12.3. The van der Waals surface area contributed by atoms with E-state index in [9.17, 15) is 0 Å². The molecule has 15 heavy (non-hydrogen) atoms. The van der Waals surface area contributed by atoms with E-state index in [1.165, 1.54) is 5.56 Å². The molecular formula is C12H22N2O. The lowest BCUT2D eigenvalue weighted by atomic mass is 10.2. The lowest BCUT2D eigenvalue weighted by Crippen LogP contribution is -2.18. The van der Waals surface area contributed by atoms with Crippen LogP contribution in [0.4, 0.5) is 0 Å². The molecule has 0 saturated carbocycles. The van der Waals surface area contributed by atoms with Gasteiger partial charge in [0.25, 0.3) is 0 Å². The van der Waals surface area contributed by atoms with Crippen LogP contribution in [0, 0.1) is 5.92 Å². The van der Waals surface area contributed by atoms with Crippen LogP contribution < -0.4 is 5.32 Å². The summed E-state index contributed by atoms with van der Waals surface area (Å²) in [5.41, 5.74) is 1.32. The molecule has 3 nitrogen and oxygen atoms in total. The van der Waals surface area contributed by atoms with Crippen molar-refractivity contribution in [3.63, 3.8) is 0 Å². The minimum atomic E-state index is 0.653. The van der Waals surface area contributed by atoms with Crippen LogP contribution in [0.5, 0.6) is 0 Å². The molecule has 0 unspecified atom stereocenters. The van der Waals surface area contributed by atoms with Crippen molar-refractivity contribution >= 4 is 0 Å². The highest BCUT2D eigenvalue weighted by Gasteiger charge is 1.97. The Hall–Kier alpha value is -0.800. The van der Waals surface area contributed by atoms with Crippen molar-refractivity contribution in [1.29, 1.82) is 0 Å². The van der Waals surface area contributed by atoms with Crippen LogP contribution in [0.15, 0.2) is 18.5 Å². The van der Waals surface area contributed by atoms with Crippen molar-refractivity contribution in [1.82, 2.24) is 9.88 Å². The van der Waals surface area contributed by atoms with E-state index in [1.807, 2.05) is 6.92 Å². The molecule has 0 saturated heterocycles. The molecule has 0 aliphatic heterocycles. The lowest BCUT2D eigenvalue weighted by Gasteiger charge is -2.05. The molecule has 3 heteroatoms. The minimum absolute atomic E-state index is 0.653. The molecule has 0 amide bonds. The van der Waals surface area contributed by atoms with E-state index in [0.29, 0.717) is 12.6 Å². The van der Waals surface area contributed by atoms with Crippen LogP contribution in [-0.2, 0) is 18.0 Å². The van der Waals surface area contributed by atoms with Gasteiger partial charge in [-0.15, -0.1) is 0 Å². The zero-order chi connectivity index (χ0) is 11.1. The van der Waals surface area contributed by atoms with Gasteiger partial charge in [-0.2, -0.15) is 0 Å². The first-order valence-corrected chi connectivity index (χ1v) is 5.65. The van der Waals surface area contributed by atoms with Crippen molar-refractivity contribution in [2.24, 2.45) is 5.92 Å². The van der Waals surface area contributed by atoms with Crippen LogP contribution >= 0.6 is 0 Å². The van der Waals surface area contributed by atoms with E-state index in [4.69, 9.17) is 4.74 Å². The molecule has 0 spiro atoms. The molecule has 1 aromatic rings. The molecular weight excluding hydrogens is 188 g/mol. The van der Waals surface area contributed by atoms with Gasteiger partial charge in [0.2, 0.25) is 0 Å². The summed E-state index contributed by atoms with van der Waals surface area (Å²) in [6.45, 7) is 9.86. The zero-order valence-electron chi connectivity index (χ0n) is 9.99. The van der Waals surface area contributed by atoms with Crippen LogP contribution in [0.1, 0.15) is 26.3 Å². The fourth-order valence-electron chi connectivity index (χ4n) is 1.38. The third-order valence-electron chi connectivity index (χ3n) is 2.14. The third-order valence-corrected chi connectivity index (χ3v) is 2.14. The smallest absolute Gasteiger partial charge is 0.122 e. The Bertz CT molecular complexity index is 268. The summed E-state index contributed by atoms with van der Waals surface area (Å²) in [7, 11) is 0. The van der Waals surface area contributed by atoms with Crippen molar-refractivity contribution in [2.45, 2.75) is 34.0 Å². The van der Waals surface area contributed by atoms with Gasteiger partial charge in [-0.3, -0.25) is 0 Å². The molecule has 1 aromatic heterocycles. The van der Waals surface area contributed by atoms with Gasteiger partial charge in [0.1, 0.15) is 6.73 Å². The Labute approximate surface area is 92.4 Å². The van der Waals surface area contributed by atoms with Gasteiger partial charge < -0.3 is 14.6 Å². The Kier molecular flexibility index (Phi) is 5.43. The number of rotatable bonds is 7. The Morgan fingerprint density at radius 3 is 2.93 bits per heavy atom. The van der Waals surface area contributed by atoms with E-state index >= 15 is 0 Å². The largest absolute Gasteiger partial charge is 0.361 e. The van der Waals surface area contributed by atoms with Gasteiger partial charge in [-0.1, -0.05) is 13.8 Å². The van der Waals surface area contributed by atoms with Gasteiger partial charge >= 0.3 is 0 Å². The molecule has 1 rings (SSSR count). The number of hydrogen-bond acceptors (Lipinski definition) is 2. The summed E-state index contributed by atoms with van der Waals surface area (Å²) >= 11 is 0. The third kappa shape index (κ3) is 5.00. The second kappa shape index (κ2) is 6.64. The topological polar surface area (TPSA) is 26.2 Å². The molecule has 1 heterocycles. The first-order valence-electron chi connectivity index (χ1n) is 5.65. The van der Waals surface area contributed by atoms with Crippen molar-refractivity contribution in [3.8, 4) is 0 Å². The predicted octanol–water partition coefficient (Wildman–Crippen LogP) is 2.23. The van der Waals surface area contributed by atoms with Crippen LogP contribution in [-0.4, -0.2) is 17.7 Å². The molecule has 0 radical (unpaired) electrons. The summed E-state index contributed by atoms with van der Waals surface area (Å²) in [4.78, 5) is 0. The first-order chi connectivity index (χ1) is 7.22. The second-order valence-electron chi connectivity index (χ2n) is 4.18. The van der Waals surface area contributed by atoms with Crippen molar-refractivity contribution < 1.29 is 4.74 Å². The number of nitrogens with one attached hydrogen (secondary N) is 1. The van der Waals surface area contributed by atoms with Gasteiger partial charge in [0.15, 0.2) is 0 Å². The van der Waals surface area contributed by atoms with Crippen LogP contribution in [0.25, 0.3) is 0 Å². The summed E-state index contributed by atoms with van der Waals surface area (Å²) in [6, 6.07) is 2.13. The van der Waals surface area contributed by atoms with E-state index in [1.54, 1.807) is 0 Å². The standard InChI is InChI=1S/C12H22N2O/c1-4-15-10-14-6-5-12(9-14)8-13-7-11(2)3/h5-6,9,11,13H,4,7-8,10H2,1-3H3. The minimum Gasteiger partial charge on any atom is -0.361 e. The number of nitrogens with zero attached hydrogens (tertiary/aromatic N) is 1. The quantitative estimate of drug-likeness (QED) is 0.747. The van der Waals surface area contributed by atoms with Gasteiger partial charge in [-0.25, -0.2) is 0 Å². The maximum absolute atomic E-state index is 5.32. The summed E-state index contributed by atoms with van der Waals surface area (Å²) < 4.78 is 7.38. The summed E-state index contributed by atoms with van der Waals surface area (Å²) in [5, 5.41) is 3.42. The fraction of sp³-hybridized carbons (Fsp3) is 0.667. The summed E-state index contributed by atoms with van der Waals surface area (Å²) in [5.74, 6) is 0.704. The molecule has 86 valence electrons. The highest BCUT2D eigenvalue weighted by molar-refractivity contribution is 5.09. The SMILES string of the molecule is CCOCn1ccc(CNCC(C)C)c1. The average molecular weight is 210 g/mol. The predicted molar refractivity (Wildman–Crippen MR) is 62.6 cm³/mol. The summed E-state index contributed by atoms with van der Waals surface area (Å²) in [6.07, 6.45) is 4.19. The molecule has 1 N–H and O–H groups in total. The van der Waals surface area contributed by atoms with E-state index < -0.39 is 0 Å². The fourth-order valence-corrected chi connectivity index (χ4v) is 1.38. The van der Waals surface area contributed by atoms with Gasteiger partial charge in [0.05, 0.1) is 0 Å². The Balaban J connectivity index is 2.26.